The van der Waals surface area contributed by atoms with Gasteiger partial charge in [0, 0.05) is 49.6 Å². The number of fused-ring (bicyclic) bond motifs is 6. The van der Waals surface area contributed by atoms with Crippen LogP contribution in [0.4, 0.5) is 0 Å². The molecule has 0 atom stereocenters. The molecule has 0 amide bonds. The Morgan fingerprint density at radius 2 is 0.724 bits per heavy atom. The maximum absolute atomic E-state index is 6.35. The molecule has 358 valence electrons. The van der Waals surface area contributed by atoms with Crippen molar-refractivity contribution in [2.24, 2.45) is 0 Å². The van der Waals surface area contributed by atoms with Gasteiger partial charge >= 0.3 is 0 Å². The highest BCUT2D eigenvalue weighted by Gasteiger charge is 2.37. The number of furan rings is 1. The minimum atomic E-state index is -0.177. The summed E-state index contributed by atoms with van der Waals surface area (Å²) < 4.78 is 6.35. The third-order valence-corrected chi connectivity index (χ3v) is 15.0. The topological polar surface area (TPSA) is 77.6 Å². The second-order valence-electron chi connectivity index (χ2n) is 20.0. The highest BCUT2D eigenvalue weighted by molar-refractivity contribution is 6.05. The summed E-state index contributed by atoms with van der Waals surface area (Å²) in [5.41, 5.74) is 20.3. The Kier molecular flexibility index (Phi) is 10.7. The van der Waals surface area contributed by atoms with Crippen molar-refractivity contribution in [2.75, 3.05) is 0 Å². The van der Waals surface area contributed by atoms with Crippen molar-refractivity contribution in [3.63, 3.8) is 0 Å². The van der Waals surface area contributed by atoms with Gasteiger partial charge in [-0.1, -0.05) is 226 Å². The van der Waals surface area contributed by atoms with Crippen LogP contribution in [0.15, 0.2) is 253 Å². The van der Waals surface area contributed by atoms with E-state index in [9.17, 15) is 0 Å². The van der Waals surface area contributed by atoms with Gasteiger partial charge in [0.05, 0.1) is 11.4 Å². The molecule has 0 radical (unpaired) electrons. The minimum Gasteiger partial charge on any atom is -0.456 e. The lowest BCUT2D eigenvalue weighted by atomic mass is 9.82. The highest BCUT2D eigenvalue weighted by atomic mass is 16.3. The molecular weight excluding hydrogens is 927 g/mol. The first-order valence-corrected chi connectivity index (χ1v) is 25.7. The molecule has 13 aromatic rings. The van der Waals surface area contributed by atoms with E-state index < -0.39 is 0 Å². The molecule has 0 fully saturated rings. The fourth-order valence-corrected chi connectivity index (χ4v) is 11.0. The van der Waals surface area contributed by atoms with Gasteiger partial charge in [0.25, 0.3) is 0 Å². The zero-order chi connectivity index (χ0) is 50.7. The van der Waals surface area contributed by atoms with Gasteiger partial charge in [-0.2, -0.15) is 0 Å². The van der Waals surface area contributed by atoms with Crippen LogP contribution < -0.4 is 0 Å². The molecule has 1 aliphatic carbocycles. The van der Waals surface area contributed by atoms with Crippen LogP contribution in [0.5, 0.6) is 0 Å². The lowest BCUT2D eigenvalue weighted by Crippen LogP contribution is -2.14. The van der Waals surface area contributed by atoms with Gasteiger partial charge < -0.3 is 4.42 Å². The van der Waals surface area contributed by atoms with E-state index >= 15 is 0 Å². The van der Waals surface area contributed by atoms with Crippen LogP contribution in [0.1, 0.15) is 25.0 Å². The van der Waals surface area contributed by atoms with Crippen molar-refractivity contribution in [1.82, 2.24) is 24.9 Å². The maximum atomic E-state index is 6.35. The molecular formula is C70H47N5O. The number of aromatic nitrogens is 5. The molecule has 0 unspecified atom stereocenters. The zero-order valence-corrected chi connectivity index (χ0v) is 41.8. The van der Waals surface area contributed by atoms with Crippen LogP contribution >= 0.6 is 0 Å². The van der Waals surface area contributed by atoms with Crippen LogP contribution in [0.25, 0.3) is 135 Å². The Morgan fingerprint density at radius 3 is 1.45 bits per heavy atom. The molecule has 0 spiro atoms. The van der Waals surface area contributed by atoms with E-state index in [-0.39, 0.29) is 5.41 Å². The molecule has 3 aromatic heterocycles. The smallest absolute Gasteiger partial charge is 0.164 e. The van der Waals surface area contributed by atoms with E-state index in [1.54, 1.807) is 0 Å². The lowest BCUT2D eigenvalue weighted by Gasteiger charge is -2.21. The summed E-state index contributed by atoms with van der Waals surface area (Å²) in [6, 6.07) is 86.8. The number of para-hydroxylation sites is 1. The average molecular weight is 974 g/mol. The summed E-state index contributed by atoms with van der Waals surface area (Å²) in [6.07, 6.45) is 0. The monoisotopic (exact) mass is 973 g/mol. The van der Waals surface area contributed by atoms with E-state index in [2.05, 4.69) is 232 Å². The van der Waals surface area contributed by atoms with Crippen molar-refractivity contribution in [3.8, 4) is 113 Å². The molecule has 10 aromatic carbocycles. The third-order valence-electron chi connectivity index (χ3n) is 15.0. The second kappa shape index (κ2) is 18.2. The van der Waals surface area contributed by atoms with Crippen LogP contribution in [-0.4, -0.2) is 24.9 Å². The van der Waals surface area contributed by atoms with E-state index in [0.717, 1.165) is 100 Å². The summed E-state index contributed by atoms with van der Waals surface area (Å²) in [5.74, 6) is 2.45. The first kappa shape index (κ1) is 44.8. The van der Waals surface area contributed by atoms with Gasteiger partial charge in [-0.05, 0) is 92.0 Å². The predicted octanol–water partition coefficient (Wildman–Crippen LogP) is 17.9. The maximum Gasteiger partial charge on any atom is 0.164 e. The van der Waals surface area contributed by atoms with Gasteiger partial charge in [0.1, 0.15) is 11.2 Å². The molecule has 14 rings (SSSR count). The summed E-state index contributed by atoms with van der Waals surface area (Å²) in [5, 5.41) is 2.14. The Balaban J connectivity index is 0.872. The highest BCUT2D eigenvalue weighted by Crippen LogP contribution is 2.52. The SMILES string of the molecule is CC1(C)c2ccccc2-c2c(-c3nc(-c4ccc(-c5ccccc5)cc4)nc(-c4cccc(-c5cccc(-c6cc(-c7ccc(-c8ccccc8)cc7)nc(-c7ccc8c(c7)oc7ccccc78)n6)c5)c4)n3)cccc21. The first-order chi connectivity index (χ1) is 37.4. The fraction of sp³-hybridized carbons (Fsp3) is 0.0429. The van der Waals surface area contributed by atoms with Crippen molar-refractivity contribution in [3.05, 3.63) is 260 Å². The van der Waals surface area contributed by atoms with Gasteiger partial charge in [0.15, 0.2) is 23.3 Å². The van der Waals surface area contributed by atoms with Gasteiger partial charge in [-0.15, -0.1) is 0 Å². The van der Waals surface area contributed by atoms with E-state index in [1.807, 2.05) is 30.3 Å². The van der Waals surface area contributed by atoms with Crippen LogP contribution in [-0.2, 0) is 5.41 Å². The van der Waals surface area contributed by atoms with Gasteiger partial charge in [-0.25, -0.2) is 24.9 Å². The van der Waals surface area contributed by atoms with Gasteiger partial charge in [0.2, 0.25) is 0 Å². The standard InChI is InChI=1S/C70H47N5O/c1-70(2)59-27-11-9-25-57(59)65-58(26-15-28-60(65)70)69-74-66(49-36-32-47(33-37-49)45-18-7-4-8-19-45)73-68(75-69)53-23-14-21-51(41-53)50-20-13-22-52(40-50)62-43-61(48-34-30-46(31-35-48)44-16-5-3-6-17-44)71-67(72-62)54-38-39-56-55-24-10-12-29-63(55)76-64(56)42-54/h3-43H,1-2H3. The van der Waals surface area contributed by atoms with Crippen molar-refractivity contribution in [1.29, 1.82) is 0 Å². The molecule has 6 nitrogen and oxygen atoms in total. The Hall–Kier alpha value is -9.91. The molecule has 0 N–H and O–H groups in total. The largest absolute Gasteiger partial charge is 0.456 e. The summed E-state index contributed by atoms with van der Waals surface area (Å²) in [4.78, 5) is 26.4. The average Bonchev–Trinajstić information content (AvgIpc) is 4.03. The number of hydrogen-bond donors (Lipinski definition) is 0. The second-order valence-corrected chi connectivity index (χ2v) is 20.0. The fourth-order valence-electron chi connectivity index (χ4n) is 11.0. The molecule has 1 aliphatic rings. The Morgan fingerprint density at radius 1 is 0.276 bits per heavy atom. The third kappa shape index (κ3) is 7.95. The molecule has 0 saturated carbocycles. The van der Waals surface area contributed by atoms with Crippen molar-refractivity contribution >= 4 is 21.9 Å². The van der Waals surface area contributed by atoms with E-state index in [0.29, 0.717) is 23.3 Å². The van der Waals surface area contributed by atoms with E-state index in [4.69, 9.17) is 29.3 Å². The van der Waals surface area contributed by atoms with Crippen LogP contribution in [0, 0.1) is 0 Å². The Bertz CT molecular complexity index is 4350. The van der Waals surface area contributed by atoms with E-state index in [1.165, 1.54) is 22.3 Å². The summed E-state index contributed by atoms with van der Waals surface area (Å²) in [7, 11) is 0. The number of rotatable bonds is 9. The quantitative estimate of drug-likeness (QED) is 0.143. The summed E-state index contributed by atoms with van der Waals surface area (Å²) >= 11 is 0. The van der Waals surface area contributed by atoms with Crippen LogP contribution in [0.2, 0.25) is 0 Å². The molecule has 0 aliphatic heterocycles. The summed E-state index contributed by atoms with van der Waals surface area (Å²) in [6.45, 7) is 4.60. The molecule has 6 heteroatoms. The first-order valence-electron chi connectivity index (χ1n) is 25.7. The van der Waals surface area contributed by atoms with Crippen molar-refractivity contribution in [2.45, 2.75) is 19.3 Å². The number of nitrogens with zero attached hydrogens (tertiary/aromatic N) is 5. The van der Waals surface area contributed by atoms with Crippen molar-refractivity contribution < 1.29 is 4.42 Å². The normalized spacial score (nSPS) is 12.4. The zero-order valence-electron chi connectivity index (χ0n) is 41.8. The van der Waals surface area contributed by atoms with Crippen LogP contribution in [0.3, 0.4) is 0 Å². The molecule has 76 heavy (non-hydrogen) atoms. The predicted molar refractivity (Wildman–Crippen MR) is 309 cm³/mol. The number of benzene rings is 10. The Labute approximate surface area is 440 Å². The number of hydrogen-bond acceptors (Lipinski definition) is 6. The van der Waals surface area contributed by atoms with Gasteiger partial charge in [-0.3, -0.25) is 0 Å². The molecule has 3 heterocycles. The minimum absolute atomic E-state index is 0.177. The molecule has 0 saturated heterocycles. The molecule has 0 bridgehead atoms. The lowest BCUT2D eigenvalue weighted by molar-refractivity contribution is 0.660.